The number of likely N-dealkylation sites (N-methyl/N-ethyl adjacent to an activating group) is 1. The molecule has 3 aromatic rings. The third kappa shape index (κ3) is 3.99. The molecule has 2 aliphatic rings. The van der Waals surface area contributed by atoms with Gasteiger partial charge in [-0.3, -0.25) is 14.2 Å². The minimum atomic E-state index is -0.540. The average molecular weight is 471 g/mol. The lowest BCUT2D eigenvalue weighted by Gasteiger charge is -2.47. The standard InChI is InChI=1S/C27H33F3N4/c1-4-34-26(25-20(14-27(34,2)3)19-8-5-6-9-23(19)32-25)24-21(29)12-17(13-22(24)30)31-18-15-33(16-18)11-7-10-28/h5-6,8-9,12-13,18,26,31-32H,4,7,10-11,14-16H2,1-3H3. The highest BCUT2D eigenvalue weighted by atomic mass is 19.1. The molecule has 1 fully saturated rings. The smallest absolute Gasteiger partial charge is 0.133 e. The molecule has 2 aromatic carbocycles. The zero-order chi connectivity index (χ0) is 24.0. The van der Waals surface area contributed by atoms with Gasteiger partial charge in [0.25, 0.3) is 0 Å². The molecule has 3 heterocycles. The van der Waals surface area contributed by atoms with Crippen molar-refractivity contribution >= 4 is 16.6 Å². The van der Waals surface area contributed by atoms with E-state index in [1.807, 2.05) is 25.1 Å². The van der Waals surface area contributed by atoms with Gasteiger partial charge in [0.1, 0.15) is 11.6 Å². The molecule has 1 atom stereocenters. The minimum absolute atomic E-state index is 0.0890. The molecule has 34 heavy (non-hydrogen) atoms. The van der Waals surface area contributed by atoms with Crippen LogP contribution in [0.25, 0.3) is 10.9 Å². The SMILES string of the molecule is CCN1C(c2c(F)cc(NC3CN(CCCF)C3)cc2F)c2[nH]c3ccccc3c2CC1(C)C. The van der Waals surface area contributed by atoms with E-state index in [4.69, 9.17) is 0 Å². The minimum Gasteiger partial charge on any atom is -0.380 e. The van der Waals surface area contributed by atoms with Crippen LogP contribution in [0.4, 0.5) is 18.9 Å². The molecule has 4 nitrogen and oxygen atoms in total. The van der Waals surface area contributed by atoms with Gasteiger partial charge in [-0.15, -0.1) is 0 Å². The summed E-state index contributed by atoms with van der Waals surface area (Å²) in [6.45, 7) is 8.90. The van der Waals surface area contributed by atoms with Crippen LogP contribution in [0.15, 0.2) is 36.4 Å². The Balaban J connectivity index is 1.49. The molecule has 1 aromatic heterocycles. The fraction of sp³-hybridized carbons (Fsp3) is 0.481. The van der Waals surface area contributed by atoms with Crippen molar-refractivity contribution in [3.63, 3.8) is 0 Å². The number of alkyl halides is 1. The number of aromatic amines is 1. The van der Waals surface area contributed by atoms with E-state index in [-0.39, 0.29) is 23.8 Å². The summed E-state index contributed by atoms with van der Waals surface area (Å²) in [6, 6.07) is 10.5. The molecule has 0 spiro atoms. The van der Waals surface area contributed by atoms with Crippen molar-refractivity contribution in [3.8, 4) is 0 Å². The Morgan fingerprint density at radius 2 is 1.82 bits per heavy atom. The summed E-state index contributed by atoms with van der Waals surface area (Å²) in [4.78, 5) is 7.81. The number of anilines is 1. The number of rotatable bonds is 7. The molecule has 182 valence electrons. The van der Waals surface area contributed by atoms with Crippen LogP contribution in [0, 0.1) is 11.6 Å². The van der Waals surface area contributed by atoms with Crippen LogP contribution in [-0.2, 0) is 6.42 Å². The molecule has 0 amide bonds. The fourth-order valence-corrected chi connectivity index (χ4v) is 5.89. The van der Waals surface area contributed by atoms with Crippen LogP contribution < -0.4 is 5.32 Å². The molecule has 0 radical (unpaired) electrons. The van der Waals surface area contributed by atoms with Gasteiger partial charge in [0.2, 0.25) is 0 Å². The number of hydrogen-bond acceptors (Lipinski definition) is 3. The number of benzene rings is 2. The maximum atomic E-state index is 15.6. The van der Waals surface area contributed by atoms with Crippen LogP contribution in [0.3, 0.4) is 0 Å². The first kappa shape index (κ1) is 23.2. The zero-order valence-corrected chi connectivity index (χ0v) is 20.1. The van der Waals surface area contributed by atoms with Gasteiger partial charge in [0, 0.05) is 53.0 Å². The number of nitrogens with zero attached hydrogens (tertiary/aromatic N) is 2. The summed E-state index contributed by atoms with van der Waals surface area (Å²) in [5.74, 6) is -1.08. The van der Waals surface area contributed by atoms with E-state index in [0.29, 0.717) is 25.2 Å². The Bertz CT molecular complexity index is 1160. The van der Waals surface area contributed by atoms with E-state index in [9.17, 15) is 4.39 Å². The summed E-state index contributed by atoms with van der Waals surface area (Å²) in [6.07, 6.45) is 1.33. The van der Waals surface area contributed by atoms with Crippen molar-refractivity contribution in [2.24, 2.45) is 0 Å². The van der Waals surface area contributed by atoms with Crippen molar-refractivity contribution in [3.05, 3.63) is 64.9 Å². The monoisotopic (exact) mass is 470 g/mol. The van der Waals surface area contributed by atoms with Crippen LogP contribution >= 0.6 is 0 Å². The lowest BCUT2D eigenvalue weighted by molar-refractivity contribution is 0.0736. The number of H-pyrrole nitrogens is 1. The molecule has 1 unspecified atom stereocenters. The van der Waals surface area contributed by atoms with Crippen LogP contribution in [-0.4, -0.2) is 59.2 Å². The Morgan fingerprint density at radius 1 is 1.12 bits per heavy atom. The van der Waals surface area contributed by atoms with Gasteiger partial charge in [-0.1, -0.05) is 25.1 Å². The van der Waals surface area contributed by atoms with Gasteiger partial charge in [0.05, 0.1) is 18.8 Å². The first-order chi connectivity index (χ1) is 16.3. The lowest BCUT2D eigenvalue weighted by atomic mass is 9.81. The van der Waals surface area contributed by atoms with E-state index in [2.05, 4.69) is 40.0 Å². The quantitative estimate of drug-likeness (QED) is 0.469. The molecule has 5 rings (SSSR count). The van der Waals surface area contributed by atoms with Gasteiger partial charge in [0.15, 0.2) is 0 Å². The maximum Gasteiger partial charge on any atom is 0.133 e. The number of halogens is 3. The van der Waals surface area contributed by atoms with Crippen molar-refractivity contribution < 1.29 is 13.2 Å². The van der Waals surface area contributed by atoms with E-state index in [1.165, 1.54) is 12.1 Å². The summed E-state index contributed by atoms with van der Waals surface area (Å²) in [7, 11) is 0. The van der Waals surface area contributed by atoms with Gasteiger partial charge in [-0.2, -0.15) is 0 Å². The average Bonchev–Trinajstić information content (AvgIpc) is 3.12. The molecule has 2 N–H and O–H groups in total. The first-order valence-corrected chi connectivity index (χ1v) is 12.2. The summed E-state index contributed by atoms with van der Waals surface area (Å²) < 4.78 is 43.7. The Morgan fingerprint density at radius 3 is 2.50 bits per heavy atom. The second-order valence-electron chi connectivity index (χ2n) is 10.2. The van der Waals surface area contributed by atoms with E-state index >= 15 is 8.78 Å². The van der Waals surface area contributed by atoms with Crippen LogP contribution in [0.1, 0.15) is 50.1 Å². The third-order valence-electron chi connectivity index (χ3n) is 7.45. The van der Waals surface area contributed by atoms with Crippen molar-refractivity contribution in [2.75, 3.05) is 38.2 Å². The van der Waals surface area contributed by atoms with Gasteiger partial charge in [-0.05, 0) is 57.0 Å². The molecule has 1 saturated heterocycles. The predicted molar refractivity (Wildman–Crippen MR) is 131 cm³/mol. The molecular weight excluding hydrogens is 437 g/mol. The van der Waals surface area contributed by atoms with E-state index in [1.54, 1.807) is 0 Å². The van der Waals surface area contributed by atoms with Crippen molar-refractivity contribution in [1.29, 1.82) is 0 Å². The lowest BCUT2D eigenvalue weighted by Crippen LogP contribution is -2.54. The Hall–Kier alpha value is -2.51. The highest BCUT2D eigenvalue weighted by Gasteiger charge is 2.43. The number of hydrogen-bond donors (Lipinski definition) is 2. The van der Waals surface area contributed by atoms with Gasteiger partial charge >= 0.3 is 0 Å². The summed E-state index contributed by atoms with van der Waals surface area (Å²) in [5.41, 5.74) is 3.28. The normalized spacial score (nSPS) is 20.9. The number of likely N-dealkylation sites (tertiary alicyclic amines) is 1. The zero-order valence-electron chi connectivity index (χ0n) is 20.1. The Kier molecular flexibility index (Phi) is 6.10. The first-order valence-electron chi connectivity index (χ1n) is 12.2. The van der Waals surface area contributed by atoms with Crippen molar-refractivity contribution in [1.82, 2.24) is 14.8 Å². The number of fused-ring (bicyclic) bond motifs is 3. The highest BCUT2D eigenvalue weighted by Crippen LogP contribution is 2.46. The largest absolute Gasteiger partial charge is 0.380 e. The molecule has 0 bridgehead atoms. The number of nitrogens with one attached hydrogen (secondary N) is 2. The molecule has 7 heteroatoms. The molecular formula is C27H33F3N4. The second kappa shape index (κ2) is 8.93. The topological polar surface area (TPSA) is 34.3 Å². The Labute approximate surface area is 199 Å². The van der Waals surface area contributed by atoms with E-state index in [0.717, 1.165) is 41.7 Å². The molecule has 2 aliphatic heterocycles. The third-order valence-corrected chi connectivity index (χ3v) is 7.45. The van der Waals surface area contributed by atoms with Crippen LogP contribution in [0.5, 0.6) is 0 Å². The maximum absolute atomic E-state index is 15.6. The molecule has 0 saturated carbocycles. The number of aromatic nitrogens is 1. The van der Waals surface area contributed by atoms with Crippen molar-refractivity contribution in [2.45, 2.75) is 51.2 Å². The fourth-order valence-electron chi connectivity index (χ4n) is 5.89. The molecule has 0 aliphatic carbocycles. The summed E-state index contributed by atoms with van der Waals surface area (Å²) in [5, 5.41) is 4.36. The highest BCUT2D eigenvalue weighted by molar-refractivity contribution is 5.85. The summed E-state index contributed by atoms with van der Waals surface area (Å²) >= 11 is 0. The van der Waals surface area contributed by atoms with Crippen LogP contribution in [0.2, 0.25) is 0 Å². The van der Waals surface area contributed by atoms with Gasteiger partial charge in [-0.25, -0.2) is 8.78 Å². The van der Waals surface area contributed by atoms with Gasteiger partial charge < -0.3 is 10.3 Å². The predicted octanol–water partition coefficient (Wildman–Crippen LogP) is 5.65. The second-order valence-corrected chi connectivity index (χ2v) is 10.2. The number of para-hydroxylation sites is 1. The van der Waals surface area contributed by atoms with E-state index < -0.39 is 17.7 Å².